The second-order valence-corrected chi connectivity index (χ2v) is 4.77. The Hall–Kier alpha value is -1.68. The molecule has 1 aromatic carbocycles. The van der Waals surface area contributed by atoms with Gasteiger partial charge in [-0.2, -0.15) is 5.10 Å². The number of nitrogens with zero attached hydrogens (tertiary/aromatic N) is 2. The summed E-state index contributed by atoms with van der Waals surface area (Å²) in [5.41, 5.74) is 8.54. The Balaban J connectivity index is 1.97. The van der Waals surface area contributed by atoms with E-state index in [2.05, 4.69) is 5.10 Å². The zero-order chi connectivity index (χ0) is 12.5. The molecule has 94 valence electrons. The van der Waals surface area contributed by atoms with Crippen molar-refractivity contribution in [2.75, 3.05) is 6.54 Å². The molecule has 2 aromatic rings. The van der Waals surface area contributed by atoms with Crippen molar-refractivity contribution < 1.29 is 4.39 Å². The Labute approximate surface area is 105 Å². The molecule has 0 amide bonds. The lowest BCUT2D eigenvalue weighted by Gasteiger charge is -2.08. The Morgan fingerprint density at radius 1 is 1.33 bits per heavy atom. The van der Waals surface area contributed by atoms with Crippen molar-refractivity contribution in [3.8, 4) is 5.69 Å². The summed E-state index contributed by atoms with van der Waals surface area (Å²) in [6, 6.07) is 6.83. The molecule has 1 heterocycles. The van der Waals surface area contributed by atoms with E-state index >= 15 is 0 Å². The van der Waals surface area contributed by atoms with E-state index in [4.69, 9.17) is 5.73 Å². The standard InChI is InChI=1S/C14H16FN3/c15-12-3-4-14(11(9-12)5-7-16)18-8-6-13(17-18)10-1-2-10/h3-4,6,8-10H,1-2,5,7,16H2. The van der Waals surface area contributed by atoms with Crippen LogP contribution < -0.4 is 5.73 Å². The largest absolute Gasteiger partial charge is 0.330 e. The van der Waals surface area contributed by atoms with Crippen molar-refractivity contribution >= 4 is 0 Å². The number of hydrogen-bond acceptors (Lipinski definition) is 2. The van der Waals surface area contributed by atoms with Gasteiger partial charge in [-0.1, -0.05) is 0 Å². The highest BCUT2D eigenvalue weighted by molar-refractivity contribution is 5.41. The van der Waals surface area contributed by atoms with Gasteiger partial charge in [0.05, 0.1) is 11.4 Å². The van der Waals surface area contributed by atoms with Crippen LogP contribution in [0.2, 0.25) is 0 Å². The fraction of sp³-hybridized carbons (Fsp3) is 0.357. The molecule has 2 N–H and O–H groups in total. The molecule has 0 atom stereocenters. The number of benzene rings is 1. The molecule has 0 saturated heterocycles. The summed E-state index contributed by atoms with van der Waals surface area (Å²) in [6.07, 6.45) is 5.07. The normalized spacial score (nSPS) is 15.0. The molecule has 18 heavy (non-hydrogen) atoms. The monoisotopic (exact) mass is 245 g/mol. The SMILES string of the molecule is NCCc1cc(F)ccc1-n1ccc(C2CC2)n1. The van der Waals surface area contributed by atoms with Crippen LogP contribution in [0.4, 0.5) is 4.39 Å². The molecule has 1 fully saturated rings. The van der Waals surface area contributed by atoms with Crippen molar-refractivity contribution in [3.05, 3.63) is 47.5 Å². The van der Waals surface area contributed by atoms with Crippen LogP contribution in [0.5, 0.6) is 0 Å². The van der Waals surface area contributed by atoms with E-state index in [1.54, 1.807) is 12.1 Å². The van der Waals surface area contributed by atoms with Crippen LogP contribution >= 0.6 is 0 Å². The van der Waals surface area contributed by atoms with Crippen molar-refractivity contribution in [3.63, 3.8) is 0 Å². The Morgan fingerprint density at radius 3 is 2.89 bits per heavy atom. The molecule has 0 radical (unpaired) electrons. The van der Waals surface area contributed by atoms with Crippen LogP contribution in [0.15, 0.2) is 30.5 Å². The van der Waals surface area contributed by atoms with E-state index < -0.39 is 0 Å². The summed E-state index contributed by atoms with van der Waals surface area (Å²) in [7, 11) is 0. The summed E-state index contributed by atoms with van der Waals surface area (Å²) in [5.74, 6) is 0.404. The van der Waals surface area contributed by atoms with Crippen LogP contribution in [0.25, 0.3) is 5.69 Å². The van der Waals surface area contributed by atoms with E-state index in [1.165, 1.54) is 18.9 Å². The average molecular weight is 245 g/mol. The molecule has 3 rings (SSSR count). The average Bonchev–Trinajstić information content (AvgIpc) is 3.09. The molecule has 1 aromatic heterocycles. The molecule has 0 spiro atoms. The Kier molecular flexibility index (Phi) is 2.88. The first-order valence-electron chi connectivity index (χ1n) is 6.32. The van der Waals surface area contributed by atoms with Gasteiger partial charge in [-0.3, -0.25) is 0 Å². The first-order chi connectivity index (χ1) is 8.78. The summed E-state index contributed by atoms with van der Waals surface area (Å²) in [5, 5.41) is 4.57. The lowest BCUT2D eigenvalue weighted by molar-refractivity contribution is 0.624. The van der Waals surface area contributed by atoms with E-state index in [0.717, 1.165) is 16.9 Å². The zero-order valence-corrected chi connectivity index (χ0v) is 10.1. The van der Waals surface area contributed by atoms with Crippen LogP contribution in [-0.2, 0) is 6.42 Å². The van der Waals surface area contributed by atoms with Gasteiger partial charge in [-0.15, -0.1) is 0 Å². The third-order valence-electron chi connectivity index (χ3n) is 3.31. The molecule has 1 saturated carbocycles. The van der Waals surface area contributed by atoms with E-state index in [0.29, 0.717) is 18.9 Å². The van der Waals surface area contributed by atoms with Crippen molar-refractivity contribution in [1.82, 2.24) is 9.78 Å². The number of hydrogen-bond donors (Lipinski definition) is 1. The second kappa shape index (κ2) is 4.53. The predicted molar refractivity (Wildman–Crippen MR) is 68.3 cm³/mol. The van der Waals surface area contributed by atoms with Gasteiger partial charge in [0.1, 0.15) is 5.82 Å². The highest BCUT2D eigenvalue weighted by Crippen LogP contribution is 2.39. The van der Waals surface area contributed by atoms with Gasteiger partial charge in [-0.05, 0) is 55.6 Å². The van der Waals surface area contributed by atoms with Gasteiger partial charge in [-0.25, -0.2) is 9.07 Å². The summed E-state index contributed by atoms with van der Waals surface area (Å²) < 4.78 is 15.1. The van der Waals surface area contributed by atoms with Gasteiger partial charge >= 0.3 is 0 Å². The molecule has 1 aliphatic rings. The minimum atomic E-state index is -0.225. The molecular weight excluding hydrogens is 229 g/mol. The summed E-state index contributed by atoms with van der Waals surface area (Å²) in [4.78, 5) is 0. The molecule has 4 heteroatoms. The molecule has 3 nitrogen and oxygen atoms in total. The van der Waals surface area contributed by atoms with Crippen LogP contribution in [0, 0.1) is 5.82 Å². The topological polar surface area (TPSA) is 43.8 Å². The number of aromatic nitrogens is 2. The number of halogens is 1. The van der Waals surface area contributed by atoms with Gasteiger partial charge < -0.3 is 5.73 Å². The van der Waals surface area contributed by atoms with Crippen LogP contribution in [0.1, 0.15) is 30.0 Å². The first kappa shape index (κ1) is 11.4. The van der Waals surface area contributed by atoms with E-state index in [-0.39, 0.29) is 5.82 Å². The minimum Gasteiger partial charge on any atom is -0.330 e. The van der Waals surface area contributed by atoms with Gasteiger partial charge in [0.15, 0.2) is 0 Å². The minimum absolute atomic E-state index is 0.225. The fourth-order valence-electron chi connectivity index (χ4n) is 2.20. The smallest absolute Gasteiger partial charge is 0.123 e. The highest BCUT2D eigenvalue weighted by Gasteiger charge is 2.26. The summed E-state index contributed by atoms with van der Waals surface area (Å²) >= 11 is 0. The third kappa shape index (κ3) is 2.16. The second-order valence-electron chi connectivity index (χ2n) is 4.77. The lowest BCUT2D eigenvalue weighted by Crippen LogP contribution is -2.08. The van der Waals surface area contributed by atoms with Crippen molar-refractivity contribution in [2.24, 2.45) is 5.73 Å². The van der Waals surface area contributed by atoms with Gasteiger partial charge in [0.2, 0.25) is 0 Å². The maximum atomic E-state index is 13.3. The van der Waals surface area contributed by atoms with E-state index in [1.807, 2.05) is 16.9 Å². The van der Waals surface area contributed by atoms with Gasteiger partial charge in [0, 0.05) is 12.1 Å². The molecule has 0 bridgehead atoms. The zero-order valence-electron chi connectivity index (χ0n) is 10.1. The number of nitrogens with two attached hydrogens (primary N) is 1. The maximum Gasteiger partial charge on any atom is 0.123 e. The first-order valence-corrected chi connectivity index (χ1v) is 6.32. The lowest BCUT2D eigenvalue weighted by atomic mass is 10.1. The molecule has 1 aliphatic carbocycles. The van der Waals surface area contributed by atoms with Crippen molar-refractivity contribution in [2.45, 2.75) is 25.2 Å². The van der Waals surface area contributed by atoms with Crippen molar-refractivity contribution in [1.29, 1.82) is 0 Å². The maximum absolute atomic E-state index is 13.3. The fourth-order valence-corrected chi connectivity index (χ4v) is 2.20. The highest BCUT2D eigenvalue weighted by atomic mass is 19.1. The quantitative estimate of drug-likeness (QED) is 0.898. The van der Waals surface area contributed by atoms with Gasteiger partial charge in [0.25, 0.3) is 0 Å². The molecule has 0 aliphatic heterocycles. The van der Waals surface area contributed by atoms with Crippen LogP contribution in [-0.4, -0.2) is 16.3 Å². The Morgan fingerprint density at radius 2 is 2.17 bits per heavy atom. The third-order valence-corrected chi connectivity index (χ3v) is 3.31. The Bertz CT molecular complexity index is 558. The molecular formula is C14H16FN3. The van der Waals surface area contributed by atoms with E-state index in [9.17, 15) is 4.39 Å². The van der Waals surface area contributed by atoms with Crippen LogP contribution in [0.3, 0.4) is 0 Å². The molecule has 0 unspecified atom stereocenters. The number of rotatable bonds is 4. The summed E-state index contributed by atoms with van der Waals surface area (Å²) in [6.45, 7) is 0.507. The predicted octanol–water partition coefficient (Wildman–Crippen LogP) is 2.39.